The van der Waals surface area contributed by atoms with Crippen LogP contribution in [0.25, 0.3) is 0 Å². The summed E-state index contributed by atoms with van der Waals surface area (Å²) in [5.74, 6) is -1.22. The third-order valence-electron chi connectivity index (χ3n) is 4.72. The molecule has 0 unspecified atom stereocenters. The predicted octanol–water partition coefficient (Wildman–Crippen LogP) is 5.05. The van der Waals surface area contributed by atoms with Crippen molar-refractivity contribution >= 4 is 46.4 Å². The molecule has 4 rings (SSSR count). The van der Waals surface area contributed by atoms with Gasteiger partial charge in [-0.1, -0.05) is 46.9 Å². The Morgan fingerprint density at radius 3 is 2.46 bits per heavy atom. The summed E-state index contributed by atoms with van der Waals surface area (Å²) in [6.07, 6.45) is 1.28. The maximum Gasteiger partial charge on any atom is 0.292 e. The molecule has 0 N–H and O–H groups in total. The molecule has 0 bridgehead atoms. The van der Waals surface area contributed by atoms with E-state index < -0.39 is 5.79 Å². The van der Waals surface area contributed by atoms with Crippen LogP contribution in [-0.2, 0) is 20.1 Å². The molecule has 0 aromatic heterocycles. The molecule has 1 spiro atoms. The number of rotatable bonds is 5. The van der Waals surface area contributed by atoms with Crippen molar-refractivity contribution in [1.82, 2.24) is 0 Å². The monoisotopic (exact) mass is 441 g/mol. The van der Waals surface area contributed by atoms with Gasteiger partial charge in [0.05, 0.1) is 46.1 Å². The fraction of sp³-hybridized carbons (Fsp3) is 0.350. The van der Waals surface area contributed by atoms with Gasteiger partial charge in [-0.15, -0.1) is 0 Å². The molecular weight excluding hydrogens is 425 g/mol. The van der Waals surface area contributed by atoms with Crippen molar-refractivity contribution in [1.29, 1.82) is 0 Å². The summed E-state index contributed by atoms with van der Waals surface area (Å²) >= 11 is 18.9. The van der Waals surface area contributed by atoms with Crippen molar-refractivity contribution in [2.45, 2.75) is 18.6 Å². The number of ether oxygens (including phenoxy) is 3. The molecule has 28 heavy (non-hydrogen) atoms. The Labute approximate surface area is 178 Å². The average molecular weight is 443 g/mol. The van der Waals surface area contributed by atoms with Crippen molar-refractivity contribution in [3.63, 3.8) is 0 Å². The van der Waals surface area contributed by atoms with Gasteiger partial charge < -0.3 is 19.1 Å². The Hall–Kier alpha value is -1.50. The van der Waals surface area contributed by atoms with E-state index in [4.69, 9.17) is 49.0 Å². The predicted molar refractivity (Wildman–Crippen MR) is 109 cm³/mol. The van der Waals surface area contributed by atoms with Crippen LogP contribution in [0.4, 0.5) is 5.69 Å². The van der Waals surface area contributed by atoms with Crippen molar-refractivity contribution in [2.75, 3.05) is 31.3 Å². The van der Waals surface area contributed by atoms with Crippen LogP contribution in [0.3, 0.4) is 0 Å². The maximum absolute atomic E-state index is 13.3. The first-order valence-electron chi connectivity index (χ1n) is 9.00. The molecule has 148 valence electrons. The van der Waals surface area contributed by atoms with E-state index in [9.17, 15) is 4.79 Å². The SMILES string of the molecule is O=C1N(CCCOc2ccccc2Cl)c2c(Cl)ccc(Cl)c2C12OCCCO2. The standard InChI is InChI=1S/C20H18Cl3NO4/c21-13-5-1-2-6-16(13)26-10-3-9-24-18-15(23)8-7-14(22)17(18)20(19(24)25)27-11-4-12-28-20/h1-2,5-8H,3-4,9-12H2. The molecule has 1 fully saturated rings. The fourth-order valence-electron chi connectivity index (χ4n) is 3.48. The van der Waals surface area contributed by atoms with Gasteiger partial charge in [0.15, 0.2) is 0 Å². The quantitative estimate of drug-likeness (QED) is 0.608. The zero-order valence-electron chi connectivity index (χ0n) is 14.9. The van der Waals surface area contributed by atoms with Crippen molar-refractivity contribution in [3.05, 3.63) is 57.0 Å². The lowest BCUT2D eigenvalue weighted by Crippen LogP contribution is -2.47. The van der Waals surface area contributed by atoms with E-state index in [0.717, 1.165) is 0 Å². The summed E-state index contributed by atoms with van der Waals surface area (Å²) in [5, 5.41) is 1.36. The smallest absolute Gasteiger partial charge is 0.292 e. The number of para-hydroxylation sites is 1. The van der Waals surface area contributed by atoms with Crippen LogP contribution in [0.2, 0.25) is 15.1 Å². The van der Waals surface area contributed by atoms with Gasteiger partial charge in [-0.3, -0.25) is 4.79 Å². The molecule has 0 aliphatic carbocycles. The lowest BCUT2D eigenvalue weighted by atomic mass is 10.1. The number of fused-ring (bicyclic) bond motifs is 2. The van der Waals surface area contributed by atoms with Crippen molar-refractivity contribution in [2.24, 2.45) is 0 Å². The van der Waals surface area contributed by atoms with Crippen LogP contribution in [0.5, 0.6) is 5.75 Å². The number of benzene rings is 2. The number of amides is 1. The van der Waals surface area contributed by atoms with Crippen LogP contribution in [0.15, 0.2) is 36.4 Å². The maximum atomic E-state index is 13.3. The van der Waals surface area contributed by atoms with Crippen LogP contribution < -0.4 is 9.64 Å². The molecular formula is C20H18Cl3NO4. The highest BCUT2D eigenvalue weighted by Crippen LogP contribution is 2.51. The van der Waals surface area contributed by atoms with Gasteiger partial charge in [0, 0.05) is 6.54 Å². The second kappa shape index (κ2) is 8.09. The summed E-state index contributed by atoms with van der Waals surface area (Å²) in [4.78, 5) is 14.8. The van der Waals surface area contributed by atoms with E-state index >= 15 is 0 Å². The second-order valence-corrected chi connectivity index (χ2v) is 7.73. The topological polar surface area (TPSA) is 48.0 Å². The van der Waals surface area contributed by atoms with Gasteiger partial charge in [0.1, 0.15) is 5.75 Å². The van der Waals surface area contributed by atoms with Crippen LogP contribution >= 0.6 is 34.8 Å². The molecule has 1 amide bonds. The Bertz CT molecular complexity index is 899. The lowest BCUT2D eigenvalue weighted by molar-refractivity contribution is -0.256. The molecule has 8 heteroatoms. The summed E-state index contributed by atoms with van der Waals surface area (Å²) in [6, 6.07) is 10.6. The zero-order chi connectivity index (χ0) is 19.7. The number of anilines is 1. The summed E-state index contributed by atoms with van der Waals surface area (Å²) in [5.41, 5.74) is 1.03. The van der Waals surface area contributed by atoms with E-state index in [1.165, 1.54) is 0 Å². The minimum Gasteiger partial charge on any atom is -0.492 e. The Kier molecular flexibility index (Phi) is 5.72. The number of nitrogens with zero attached hydrogens (tertiary/aromatic N) is 1. The van der Waals surface area contributed by atoms with Crippen LogP contribution in [-0.4, -0.2) is 32.3 Å². The molecule has 0 saturated carbocycles. The molecule has 2 heterocycles. The zero-order valence-corrected chi connectivity index (χ0v) is 17.2. The third kappa shape index (κ3) is 3.36. The Balaban J connectivity index is 1.54. The van der Waals surface area contributed by atoms with E-state index in [0.29, 0.717) is 71.3 Å². The number of carbonyl (C=O) groups excluding carboxylic acids is 1. The first-order valence-corrected chi connectivity index (χ1v) is 10.1. The van der Waals surface area contributed by atoms with Gasteiger partial charge in [-0.2, -0.15) is 0 Å². The summed E-state index contributed by atoms with van der Waals surface area (Å²) in [6.45, 7) is 1.59. The molecule has 2 aromatic carbocycles. The molecule has 0 atom stereocenters. The van der Waals surface area contributed by atoms with Crippen LogP contribution in [0.1, 0.15) is 18.4 Å². The molecule has 2 aliphatic rings. The highest BCUT2D eigenvalue weighted by molar-refractivity contribution is 6.38. The van der Waals surface area contributed by atoms with Crippen molar-refractivity contribution < 1.29 is 19.0 Å². The number of halogens is 3. The second-order valence-electron chi connectivity index (χ2n) is 6.51. The number of carbonyl (C=O) groups is 1. The van der Waals surface area contributed by atoms with Gasteiger partial charge in [-0.25, -0.2) is 0 Å². The van der Waals surface area contributed by atoms with E-state index in [1.54, 1.807) is 29.2 Å². The van der Waals surface area contributed by atoms with Gasteiger partial charge in [-0.05, 0) is 37.1 Å². The van der Waals surface area contributed by atoms with Crippen LogP contribution in [0, 0.1) is 0 Å². The van der Waals surface area contributed by atoms with E-state index in [2.05, 4.69) is 0 Å². The molecule has 0 radical (unpaired) electrons. The highest BCUT2D eigenvalue weighted by atomic mass is 35.5. The molecule has 2 aliphatic heterocycles. The van der Waals surface area contributed by atoms with Gasteiger partial charge >= 0.3 is 0 Å². The minimum absolute atomic E-state index is 0.310. The van der Waals surface area contributed by atoms with E-state index in [1.807, 2.05) is 12.1 Å². The summed E-state index contributed by atoms with van der Waals surface area (Å²) < 4.78 is 17.4. The largest absolute Gasteiger partial charge is 0.492 e. The first kappa shape index (κ1) is 19.8. The first-order chi connectivity index (χ1) is 13.5. The average Bonchev–Trinajstić information content (AvgIpc) is 2.93. The normalized spacial score (nSPS) is 17.8. The Morgan fingerprint density at radius 1 is 1.00 bits per heavy atom. The molecule has 2 aromatic rings. The number of hydrogen-bond acceptors (Lipinski definition) is 4. The molecule has 1 saturated heterocycles. The number of hydrogen-bond donors (Lipinski definition) is 0. The van der Waals surface area contributed by atoms with Crippen molar-refractivity contribution in [3.8, 4) is 5.75 Å². The van der Waals surface area contributed by atoms with Gasteiger partial charge in [0.25, 0.3) is 11.7 Å². The Morgan fingerprint density at radius 2 is 1.71 bits per heavy atom. The fourth-order valence-corrected chi connectivity index (χ4v) is 4.21. The van der Waals surface area contributed by atoms with E-state index in [-0.39, 0.29) is 5.91 Å². The van der Waals surface area contributed by atoms with Gasteiger partial charge in [0.2, 0.25) is 0 Å². The summed E-state index contributed by atoms with van der Waals surface area (Å²) in [7, 11) is 0. The minimum atomic E-state index is -1.51. The third-order valence-corrected chi connectivity index (χ3v) is 5.66. The molecule has 5 nitrogen and oxygen atoms in total. The lowest BCUT2D eigenvalue weighted by Gasteiger charge is -2.32. The highest BCUT2D eigenvalue weighted by Gasteiger charge is 2.56.